The monoisotopic (exact) mass is 1050 g/mol. The minimum absolute atomic E-state index is 0.0769. The fourth-order valence-electron chi connectivity index (χ4n) is 6.22. The quantitative estimate of drug-likeness (QED) is 0.0626. The van der Waals surface area contributed by atoms with Crippen molar-refractivity contribution in [1.82, 2.24) is 15.3 Å². The third-order valence-electron chi connectivity index (χ3n) is 9.88. The van der Waals surface area contributed by atoms with Gasteiger partial charge in [-0.25, -0.2) is 31.6 Å². The van der Waals surface area contributed by atoms with Gasteiger partial charge >= 0.3 is 5.97 Å². The molecular weight excluding hydrogens is 1000 g/mol. The first kappa shape index (κ1) is 56.2. The van der Waals surface area contributed by atoms with E-state index in [0.717, 1.165) is 58.3 Å². The van der Waals surface area contributed by atoms with Crippen LogP contribution in [-0.4, -0.2) is 118 Å². The fourth-order valence-corrected chi connectivity index (χ4v) is 10.5. The van der Waals surface area contributed by atoms with Crippen LogP contribution >= 0.6 is 46.2 Å². The Morgan fingerprint density at radius 3 is 1.54 bits per heavy atom. The van der Waals surface area contributed by atoms with E-state index in [2.05, 4.69) is 15.3 Å². The van der Waals surface area contributed by atoms with Gasteiger partial charge in [0.05, 0.1) is 56.1 Å². The predicted octanol–water partition coefficient (Wildman–Crippen LogP) is 7.68. The smallest absolute Gasteiger partial charge is 0.335 e. The third-order valence-corrected chi connectivity index (χ3v) is 15.1. The summed E-state index contributed by atoms with van der Waals surface area (Å²) in [5.74, 6) is 0.135. The van der Waals surface area contributed by atoms with Crippen molar-refractivity contribution in [3.05, 3.63) is 129 Å². The number of Topliss-reactive ketones (excluding diaryl/α,β-unsaturated/α-hetero) is 2. The maximum atomic E-state index is 13.1. The number of carbonyl (C=O) groups excluding carboxylic acids is 3. The summed E-state index contributed by atoms with van der Waals surface area (Å²) >= 11 is 6.21. The number of carboxylic acids is 1. The van der Waals surface area contributed by atoms with Crippen molar-refractivity contribution < 1.29 is 50.6 Å². The highest BCUT2D eigenvalue weighted by Gasteiger charge is 2.25. The van der Waals surface area contributed by atoms with Crippen molar-refractivity contribution >= 4 is 89.3 Å². The molecule has 0 saturated carbocycles. The lowest BCUT2D eigenvalue weighted by Gasteiger charge is -2.17. The van der Waals surface area contributed by atoms with Gasteiger partial charge in [-0.2, -0.15) is 23.5 Å². The van der Waals surface area contributed by atoms with E-state index in [1.807, 2.05) is 83.9 Å². The minimum Gasteiger partial charge on any atom is -0.495 e. The van der Waals surface area contributed by atoms with E-state index in [9.17, 15) is 36.0 Å². The molecule has 1 amide bonds. The number of hydrogen-bond donors (Lipinski definition) is 3. The molecule has 6 rings (SSSR count). The molecule has 2 unspecified atom stereocenters. The van der Waals surface area contributed by atoms with Gasteiger partial charge in [0.2, 0.25) is 0 Å². The lowest BCUT2D eigenvalue weighted by Crippen LogP contribution is -2.42. The number of nitrogens with two attached hydrogens (primary N) is 1. The van der Waals surface area contributed by atoms with Crippen LogP contribution in [0, 0.1) is 0 Å². The number of benzene rings is 4. The number of hydrogen-bond acceptors (Lipinski definition) is 17. The van der Waals surface area contributed by atoms with Crippen molar-refractivity contribution in [2.24, 2.45) is 5.73 Å². The number of aromatic carboxylic acids is 1. The summed E-state index contributed by atoms with van der Waals surface area (Å²) in [5.41, 5.74) is 9.73. The van der Waals surface area contributed by atoms with Gasteiger partial charge in [-0.15, -0.1) is 22.7 Å². The van der Waals surface area contributed by atoms with Crippen molar-refractivity contribution in [1.29, 1.82) is 0 Å². The highest BCUT2D eigenvalue weighted by molar-refractivity contribution is 7.98. The van der Waals surface area contributed by atoms with Crippen LogP contribution in [0.2, 0.25) is 0 Å². The van der Waals surface area contributed by atoms with E-state index in [0.29, 0.717) is 23.6 Å². The van der Waals surface area contributed by atoms with E-state index in [1.54, 1.807) is 23.5 Å². The highest BCUT2D eigenvalue weighted by atomic mass is 32.2. The predicted molar refractivity (Wildman–Crippen MR) is 277 cm³/mol. The number of sulfone groups is 2. The van der Waals surface area contributed by atoms with Gasteiger partial charge in [0, 0.05) is 40.0 Å². The first-order valence-corrected chi connectivity index (χ1v) is 29.2. The molecule has 0 aliphatic carbocycles. The van der Waals surface area contributed by atoms with Gasteiger partial charge in [0.1, 0.15) is 31.3 Å². The molecule has 2 aromatic heterocycles. The molecule has 4 N–H and O–H groups in total. The van der Waals surface area contributed by atoms with Crippen LogP contribution in [-0.2, 0) is 42.1 Å². The van der Waals surface area contributed by atoms with E-state index in [1.165, 1.54) is 67.2 Å². The molecule has 69 heavy (non-hydrogen) atoms. The van der Waals surface area contributed by atoms with Crippen molar-refractivity contribution in [3.8, 4) is 34.0 Å². The molecule has 21 heteroatoms. The number of rotatable bonds is 21. The molecule has 2 atom stereocenters. The molecular formula is C48H54N4O11S6. The number of carboxylic acid groups (broad SMARTS) is 1. The van der Waals surface area contributed by atoms with Gasteiger partial charge in [-0.3, -0.25) is 14.4 Å². The second-order valence-corrected chi connectivity index (χ2v) is 22.9. The van der Waals surface area contributed by atoms with E-state index >= 15 is 0 Å². The summed E-state index contributed by atoms with van der Waals surface area (Å²) in [4.78, 5) is 57.5. The Labute approximate surface area is 419 Å². The zero-order valence-corrected chi connectivity index (χ0v) is 43.6. The Hall–Kier alpha value is -5.42. The van der Waals surface area contributed by atoms with Gasteiger partial charge in [0.15, 0.2) is 31.2 Å². The molecule has 6 aromatic rings. The molecule has 15 nitrogen and oxygen atoms in total. The van der Waals surface area contributed by atoms with Crippen LogP contribution in [0.3, 0.4) is 0 Å². The number of nitrogens with one attached hydrogen (secondary N) is 1. The molecule has 0 aliphatic rings. The number of carbonyl (C=O) groups is 4. The minimum atomic E-state index is -3.60. The summed E-state index contributed by atoms with van der Waals surface area (Å²) < 4.78 is 56.8. The molecule has 0 bridgehead atoms. The summed E-state index contributed by atoms with van der Waals surface area (Å²) in [7, 11) is -4.41. The molecule has 0 radical (unpaired) electrons. The zero-order valence-electron chi connectivity index (χ0n) is 38.7. The average Bonchev–Trinajstić information content (AvgIpc) is 4.02. The molecule has 0 aliphatic heterocycles. The number of nitrogens with zero attached hydrogens (tertiary/aromatic N) is 2. The third kappa shape index (κ3) is 17.5. The van der Waals surface area contributed by atoms with E-state index < -0.39 is 37.6 Å². The lowest BCUT2D eigenvalue weighted by atomic mass is 10.1. The Morgan fingerprint density at radius 1 is 0.667 bits per heavy atom. The van der Waals surface area contributed by atoms with Crippen LogP contribution in [0.25, 0.3) is 22.5 Å². The molecule has 4 aromatic carbocycles. The summed E-state index contributed by atoms with van der Waals surface area (Å²) in [6, 6.07) is 26.5. The van der Waals surface area contributed by atoms with Gasteiger partial charge < -0.3 is 25.6 Å². The molecule has 0 spiro atoms. The first-order valence-electron chi connectivity index (χ1n) is 20.9. The molecule has 368 valence electrons. The second-order valence-electron chi connectivity index (χ2n) is 15.0. The van der Waals surface area contributed by atoms with Crippen LogP contribution in [0.1, 0.15) is 43.6 Å². The summed E-state index contributed by atoms with van der Waals surface area (Å²) in [6.45, 7) is 0. The maximum absolute atomic E-state index is 13.1. The van der Waals surface area contributed by atoms with Crippen LogP contribution in [0.15, 0.2) is 118 Å². The number of thiazole rings is 2. The zero-order chi connectivity index (χ0) is 50.7. The molecule has 0 fully saturated rings. The fraction of sp³-hybridized carbons (Fsp3) is 0.292. The number of amides is 1. The van der Waals surface area contributed by atoms with E-state index in [4.69, 9.17) is 20.3 Å². The van der Waals surface area contributed by atoms with Gasteiger partial charge in [0.25, 0.3) is 5.91 Å². The number of aromatic nitrogens is 2. The lowest BCUT2D eigenvalue weighted by molar-refractivity contribution is -0.120. The normalized spacial score (nSPS) is 12.0. The standard InChI is InChI=1S/C24H26N2O5S3.C15H18N2OS2.C9H10O5S/c1-31-21-10-9-17(13-22(21)34(3,29)30)24(28)26-18(11-12-32-2)20(27)14-23-25-19(15-33-23)16-7-5-4-6-8-16;1-19-8-7-12(16)14(18)9-15-17-13(10-20-15)11-5-3-2-4-6-11;1-14-7-4-3-6(9(10)11)5-8(7)15(2,12)13/h4-10,13,15,18H,11-12,14H2,1-3H3,(H,26,28);2-6,10,12H,7-9,16H2,1H3;3-5H,1-2H3,(H,10,11). The van der Waals surface area contributed by atoms with Gasteiger partial charge in [-0.1, -0.05) is 60.7 Å². The van der Waals surface area contributed by atoms with Crippen LogP contribution < -0.4 is 20.5 Å². The Balaban J connectivity index is 0.000000250. The second kappa shape index (κ2) is 27.1. The number of methoxy groups -OCH3 is 2. The van der Waals surface area contributed by atoms with Crippen LogP contribution in [0.5, 0.6) is 11.5 Å². The van der Waals surface area contributed by atoms with Crippen molar-refractivity contribution in [2.75, 3.05) is 50.7 Å². The van der Waals surface area contributed by atoms with Crippen molar-refractivity contribution in [2.45, 2.75) is 47.6 Å². The Kier molecular flexibility index (Phi) is 22.1. The maximum Gasteiger partial charge on any atom is 0.335 e. The summed E-state index contributed by atoms with van der Waals surface area (Å²) in [5, 5.41) is 16.9. The Morgan fingerprint density at radius 2 is 1.10 bits per heavy atom. The average molecular weight is 1060 g/mol. The molecule has 0 saturated heterocycles. The van der Waals surface area contributed by atoms with Crippen molar-refractivity contribution in [3.63, 3.8) is 0 Å². The summed E-state index contributed by atoms with van der Waals surface area (Å²) in [6.07, 6.45) is 7.63. The highest BCUT2D eigenvalue weighted by Crippen LogP contribution is 2.27. The topological polar surface area (TPSA) is 239 Å². The molecule has 2 heterocycles. The van der Waals surface area contributed by atoms with Crippen LogP contribution in [0.4, 0.5) is 0 Å². The Bertz CT molecular complexity index is 2890. The first-order chi connectivity index (χ1) is 32.8. The van der Waals surface area contributed by atoms with Gasteiger partial charge in [-0.05, 0) is 73.3 Å². The number of ketones is 2. The largest absolute Gasteiger partial charge is 0.495 e. The number of ether oxygens (including phenoxy) is 2. The van der Waals surface area contributed by atoms with E-state index in [-0.39, 0.29) is 56.4 Å². The SMILES string of the molecule is COc1ccc(C(=O)NC(CCSC)C(=O)Cc2nc(-c3ccccc3)cs2)cc1S(C)(=O)=O.COc1ccc(C(=O)O)cc1S(C)(=O)=O.CSCCC(N)C(=O)Cc1nc(-c2ccccc2)cs1. The number of thioether (sulfide) groups is 2.